The number of aliphatic carboxylic acids is 1. The number of nitrogens with one attached hydrogen (secondary N) is 1. The molecule has 216 valence electrons. The van der Waals surface area contributed by atoms with Gasteiger partial charge in [-0.15, -0.1) is 10.2 Å². The van der Waals surface area contributed by atoms with Crippen molar-refractivity contribution in [2.75, 3.05) is 45.9 Å². The second-order valence-electron chi connectivity index (χ2n) is 10.8. The van der Waals surface area contributed by atoms with Gasteiger partial charge in [-0.1, -0.05) is 0 Å². The minimum Gasteiger partial charge on any atom is -0.475 e. The van der Waals surface area contributed by atoms with Crippen LogP contribution in [0.5, 0.6) is 0 Å². The van der Waals surface area contributed by atoms with Crippen molar-refractivity contribution < 1.29 is 32.6 Å². The van der Waals surface area contributed by atoms with Crippen molar-refractivity contribution in [2.24, 2.45) is 11.8 Å². The molecule has 1 aliphatic carbocycles. The Labute approximate surface area is 225 Å². The second kappa shape index (κ2) is 12.6. The summed E-state index contributed by atoms with van der Waals surface area (Å²) in [6, 6.07) is 4.37. The van der Waals surface area contributed by atoms with Gasteiger partial charge in [-0.3, -0.25) is 19.0 Å². The fourth-order valence-electron chi connectivity index (χ4n) is 5.09. The van der Waals surface area contributed by atoms with E-state index in [1.165, 1.54) is 19.4 Å². The molecule has 13 heteroatoms. The first-order valence-electron chi connectivity index (χ1n) is 13.5. The van der Waals surface area contributed by atoms with E-state index in [2.05, 4.69) is 39.2 Å². The molecule has 2 N–H and O–H groups in total. The first-order chi connectivity index (χ1) is 18.5. The zero-order chi connectivity index (χ0) is 28.2. The number of amides is 1. The second-order valence-corrected chi connectivity index (χ2v) is 10.8. The highest BCUT2D eigenvalue weighted by atomic mass is 19.4. The summed E-state index contributed by atoms with van der Waals surface area (Å²) in [7, 11) is 0. The third kappa shape index (κ3) is 7.89. The van der Waals surface area contributed by atoms with Crippen molar-refractivity contribution in [2.45, 2.75) is 57.8 Å². The first-order valence-corrected chi connectivity index (χ1v) is 13.5. The lowest BCUT2D eigenvalue weighted by Gasteiger charge is -2.42. The van der Waals surface area contributed by atoms with Gasteiger partial charge in [0.1, 0.15) is 0 Å². The Morgan fingerprint density at radius 2 is 1.79 bits per heavy atom. The van der Waals surface area contributed by atoms with E-state index < -0.39 is 12.1 Å². The summed E-state index contributed by atoms with van der Waals surface area (Å²) in [5, 5.41) is 19.3. The molecule has 0 radical (unpaired) electrons. The number of fused-ring (bicyclic) bond motifs is 1. The molecule has 1 atom stereocenters. The molecular weight excluding hydrogens is 517 g/mol. The Kier molecular flexibility index (Phi) is 9.44. The minimum atomic E-state index is -5.08. The number of aromatic nitrogens is 3. The topological polar surface area (TPSA) is 112 Å². The van der Waals surface area contributed by atoms with Crippen LogP contribution in [0.25, 0.3) is 5.65 Å². The van der Waals surface area contributed by atoms with Crippen LogP contribution in [0, 0.1) is 11.8 Å². The Hall–Kier alpha value is -2.77. The standard InChI is InChI=1S/C24H36N6O2.C2HF3O2/c1-17(2)29-10-9-28(14-19-3-4-19)16-21(29)23-27-26-22-6-5-20(15-30(22)23)24(31)25-13-18-7-11-32-12-8-18;3-2(4,5)1(6)7/h5-6,15,17-19,21H,3-4,7-14,16H2,1-2H3,(H,25,31);(H,6,7). The van der Waals surface area contributed by atoms with Crippen molar-refractivity contribution in [3.05, 3.63) is 29.7 Å². The maximum Gasteiger partial charge on any atom is 0.490 e. The number of carboxylic acids is 1. The fraction of sp³-hybridized carbons (Fsp3) is 0.692. The Morgan fingerprint density at radius 1 is 1.10 bits per heavy atom. The molecule has 0 aromatic carbocycles. The monoisotopic (exact) mass is 554 g/mol. The first kappa shape index (κ1) is 29.2. The molecule has 39 heavy (non-hydrogen) atoms. The van der Waals surface area contributed by atoms with Gasteiger partial charge in [0.15, 0.2) is 11.5 Å². The zero-order valence-electron chi connectivity index (χ0n) is 22.4. The van der Waals surface area contributed by atoms with E-state index in [9.17, 15) is 18.0 Å². The molecular formula is C26H37F3N6O4. The number of rotatable bonds is 7. The molecule has 0 bridgehead atoms. The lowest BCUT2D eigenvalue weighted by molar-refractivity contribution is -0.192. The molecule has 2 aromatic heterocycles. The number of alkyl halides is 3. The molecule has 1 saturated carbocycles. The van der Waals surface area contributed by atoms with E-state index >= 15 is 0 Å². The average Bonchev–Trinajstić information content (AvgIpc) is 3.62. The molecule has 3 fully saturated rings. The van der Waals surface area contributed by atoms with Gasteiger partial charge >= 0.3 is 12.1 Å². The molecule has 3 aliphatic rings. The fourth-order valence-corrected chi connectivity index (χ4v) is 5.09. The third-order valence-electron chi connectivity index (χ3n) is 7.51. The van der Waals surface area contributed by atoms with Crippen molar-refractivity contribution in [3.63, 3.8) is 0 Å². The van der Waals surface area contributed by atoms with Crippen LogP contribution in [0.1, 0.15) is 61.8 Å². The summed E-state index contributed by atoms with van der Waals surface area (Å²) in [5.41, 5.74) is 1.45. The predicted octanol–water partition coefficient (Wildman–Crippen LogP) is 3.00. The third-order valence-corrected chi connectivity index (χ3v) is 7.51. The van der Waals surface area contributed by atoms with Crippen LogP contribution in [-0.2, 0) is 9.53 Å². The van der Waals surface area contributed by atoms with E-state index in [1.807, 2.05) is 22.7 Å². The lowest BCUT2D eigenvalue weighted by Crippen LogP contribution is -2.51. The van der Waals surface area contributed by atoms with Crippen LogP contribution < -0.4 is 5.32 Å². The Bertz CT molecular complexity index is 1130. The summed E-state index contributed by atoms with van der Waals surface area (Å²) >= 11 is 0. The van der Waals surface area contributed by atoms with Crippen molar-refractivity contribution >= 4 is 17.5 Å². The number of nitrogens with zero attached hydrogens (tertiary/aromatic N) is 5. The van der Waals surface area contributed by atoms with Crippen molar-refractivity contribution in [1.29, 1.82) is 0 Å². The summed E-state index contributed by atoms with van der Waals surface area (Å²) in [6.07, 6.45) is 1.60. The van der Waals surface area contributed by atoms with E-state index in [0.29, 0.717) is 24.1 Å². The Morgan fingerprint density at radius 3 is 2.41 bits per heavy atom. The minimum absolute atomic E-state index is 0.0299. The van der Waals surface area contributed by atoms with Gasteiger partial charge in [-0.05, 0) is 63.5 Å². The van der Waals surface area contributed by atoms with Crippen molar-refractivity contribution in [3.8, 4) is 0 Å². The summed E-state index contributed by atoms with van der Waals surface area (Å²) in [5.74, 6) is -0.470. The quantitative estimate of drug-likeness (QED) is 0.538. The maximum atomic E-state index is 12.9. The molecule has 0 spiro atoms. The molecule has 1 unspecified atom stereocenters. The van der Waals surface area contributed by atoms with E-state index in [1.54, 1.807) is 0 Å². The summed E-state index contributed by atoms with van der Waals surface area (Å²) < 4.78 is 39.2. The van der Waals surface area contributed by atoms with Gasteiger partial charge in [0.05, 0.1) is 11.6 Å². The largest absolute Gasteiger partial charge is 0.490 e. The number of carbonyl (C=O) groups is 2. The lowest BCUT2D eigenvalue weighted by atomic mass is 10.0. The van der Waals surface area contributed by atoms with E-state index in [-0.39, 0.29) is 11.9 Å². The number of hydrogen-bond acceptors (Lipinski definition) is 7. The number of hydrogen-bond donors (Lipinski definition) is 2. The molecule has 2 aromatic rings. The van der Waals surface area contributed by atoms with Crippen LogP contribution in [0.4, 0.5) is 13.2 Å². The number of carbonyl (C=O) groups excluding carboxylic acids is 1. The predicted molar refractivity (Wildman–Crippen MR) is 136 cm³/mol. The number of halogens is 3. The van der Waals surface area contributed by atoms with E-state index in [4.69, 9.17) is 14.6 Å². The van der Waals surface area contributed by atoms with Gasteiger partial charge in [0, 0.05) is 58.2 Å². The number of carboxylic acid groups (broad SMARTS) is 1. The highest BCUT2D eigenvalue weighted by Crippen LogP contribution is 2.33. The van der Waals surface area contributed by atoms with Gasteiger partial charge in [0.2, 0.25) is 0 Å². The molecule has 2 saturated heterocycles. The molecule has 5 rings (SSSR count). The molecule has 4 heterocycles. The van der Waals surface area contributed by atoms with E-state index in [0.717, 1.165) is 63.1 Å². The average molecular weight is 555 g/mol. The molecule has 2 aliphatic heterocycles. The van der Waals surface area contributed by atoms with Gasteiger partial charge < -0.3 is 15.2 Å². The van der Waals surface area contributed by atoms with Crippen LogP contribution >= 0.6 is 0 Å². The van der Waals surface area contributed by atoms with Gasteiger partial charge in [-0.2, -0.15) is 13.2 Å². The summed E-state index contributed by atoms with van der Waals surface area (Å²) in [4.78, 5) is 26.9. The molecule has 10 nitrogen and oxygen atoms in total. The van der Waals surface area contributed by atoms with Gasteiger partial charge in [0.25, 0.3) is 5.91 Å². The van der Waals surface area contributed by atoms with Crippen LogP contribution in [-0.4, -0.2) is 99.5 Å². The van der Waals surface area contributed by atoms with Crippen LogP contribution in [0.3, 0.4) is 0 Å². The summed E-state index contributed by atoms with van der Waals surface area (Å²) in [6.45, 7) is 11.1. The zero-order valence-corrected chi connectivity index (χ0v) is 22.4. The normalized spacial score (nSPS) is 21.5. The highest BCUT2D eigenvalue weighted by molar-refractivity contribution is 5.94. The van der Waals surface area contributed by atoms with Crippen molar-refractivity contribution in [1.82, 2.24) is 29.7 Å². The Balaban J connectivity index is 0.000000448. The maximum absolute atomic E-state index is 12.9. The number of ether oxygens (including phenoxy) is 1. The number of pyridine rings is 1. The smallest absolute Gasteiger partial charge is 0.475 e. The van der Waals surface area contributed by atoms with Crippen LogP contribution in [0.2, 0.25) is 0 Å². The van der Waals surface area contributed by atoms with Gasteiger partial charge in [-0.25, -0.2) is 4.79 Å². The highest BCUT2D eigenvalue weighted by Gasteiger charge is 2.38. The SMILES string of the molecule is CC(C)N1CCN(CC2CC2)CC1c1nnc2ccc(C(=O)NCC3CCOCC3)cn12.O=C(O)C(F)(F)F. The number of piperazine rings is 1. The van der Waals surface area contributed by atoms with Crippen LogP contribution in [0.15, 0.2) is 18.3 Å². The molecule has 1 amide bonds.